The van der Waals surface area contributed by atoms with Gasteiger partial charge in [-0.25, -0.2) is 0 Å². The average Bonchev–Trinajstić information content (AvgIpc) is 2.59. The summed E-state index contributed by atoms with van der Waals surface area (Å²) in [5, 5.41) is 9.78. The van der Waals surface area contributed by atoms with Crippen LogP contribution in [0.2, 0.25) is 0 Å². The quantitative estimate of drug-likeness (QED) is 0.594. The monoisotopic (exact) mass is 192 g/mol. The van der Waals surface area contributed by atoms with Gasteiger partial charge in [-0.2, -0.15) is 0 Å². The Labute approximate surface area is 84.0 Å². The van der Waals surface area contributed by atoms with E-state index < -0.39 is 0 Å². The first-order chi connectivity index (χ1) is 6.60. The van der Waals surface area contributed by atoms with Gasteiger partial charge in [0.1, 0.15) is 0 Å². The Hall–Kier alpha value is -0.630. The van der Waals surface area contributed by atoms with E-state index >= 15 is 0 Å². The van der Waals surface area contributed by atoms with Gasteiger partial charge >= 0.3 is 0 Å². The zero-order valence-corrected chi connectivity index (χ0v) is 8.38. The molecule has 1 N–H and O–H groups in total. The molecule has 3 fully saturated rings. The molecule has 3 rings (SSSR count). The molecule has 0 aromatic rings. The fourth-order valence-corrected chi connectivity index (χ4v) is 4.38. The van der Waals surface area contributed by atoms with Gasteiger partial charge in [-0.15, -0.1) is 0 Å². The van der Waals surface area contributed by atoms with Crippen molar-refractivity contribution in [3.63, 3.8) is 0 Å². The zero-order chi connectivity index (χ0) is 9.97. The minimum atomic E-state index is -0.194. The molecular formula is C12H16O2. The van der Waals surface area contributed by atoms with E-state index in [9.17, 15) is 9.90 Å². The lowest BCUT2D eigenvalue weighted by atomic mass is 9.69. The predicted molar refractivity (Wildman–Crippen MR) is 52.7 cm³/mol. The highest BCUT2D eigenvalue weighted by atomic mass is 16.3. The molecule has 3 saturated carbocycles. The molecule has 0 bridgehead atoms. The molecule has 0 spiro atoms. The smallest absolute Gasteiger partial charge is 0.159 e. The van der Waals surface area contributed by atoms with Crippen LogP contribution in [0.3, 0.4) is 0 Å². The molecule has 0 amide bonds. The van der Waals surface area contributed by atoms with Gasteiger partial charge in [0.25, 0.3) is 0 Å². The van der Waals surface area contributed by atoms with Crippen molar-refractivity contribution in [2.75, 3.05) is 0 Å². The van der Waals surface area contributed by atoms with E-state index in [2.05, 4.69) is 6.58 Å². The molecule has 0 radical (unpaired) electrons. The van der Waals surface area contributed by atoms with Crippen molar-refractivity contribution in [3.05, 3.63) is 12.2 Å². The molecular weight excluding hydrogens is 176 g/mol. The third kappa shape index (κ3) is 0.714. The summed E-state index contributed by atoms with van der Waals surface area (Å²) in [5.41, 5.74) is 0.941. The van der Waals surface area contributed by atoms with Crippen LogP contribution in [0, 0.1) is 10.8 Å². The van der Waals surface area contributed by atoms with Crippen LogP contribution >= 0.6 is 0 Å². The molecule has 3 aliphatic rings. The molecule has 14 heavy (non-hydrogen) atoms. The maximum absolute atomic E-state index is 11.7. The van der Waals surface area contributed by atoms with Gasteiger partial charge in [0, 0.05) is 11.8 Å². The van der Waals surface area contributed by atoms with Gasteiger partial charge in [0.15, 0.2) is 5.78 Å². The second kappa shape index (κ2) is 2.30. The van der Waals surface area contributed by atoms with Crippen molar-refractivity contribution in [2.24, 2.45) is 10.8 Å². The molecule has 76 valence electrons. The lowest BCUT2D eigenvalue weighted by molar-refractivity contribution is -0.115. The molecule has 0 aliphatic heterocycles. The third-order valence-electron chi connectivity index (χ3n) is 4.90. The lowest BCUT2D eigenvalue weighted by Crippen LogP contribution is -2.26. The number of aliphatic hydroxyl groups excluding tert-OH is 1. The van der Waals surface area contributed by atoms with Crippen LogP contribution in [0.4, 0.5) is 0 Å². The Balaban J connectivity index is 2.13. The van der Waals surface area contributed by atoms with E-state index in [4.69, 9.17) is 0 Å². The van der Waals surface area contributed by atoms with Crippen LogP contribution in [-0.4, -0.2) is 17.0 Å². The van der Waals surface area contributed by atoms with E-state index in [1.165, 1.54) is 6.42 Å². The Kier molecular flexibility index (Phi) is 1.42. The number of rotatable bonds is 0. The predicted octanol–water partition coefficient (Wildman–Crippen LogP) is 1.83. The van der Waals surface area contributed by atoms with Crippen molar-refractivity contribution in [3.8, 4) is 0 Å². The Morgan fingerprint density at radius 3 is 2.86 bits per heavy atom. The highest BCUT2D eigenvalue weighted by molar-refractivity contribution is 6.00. The van der Waals surface area contributed by atoms with E-state index in [0.29, 0.717) is 6.42 Å². The maximum Gasteiger partial charge on any atom is 0.159 e. The molecule has 3 atom stereocenters. The minimum absolute atomic E-state index is 0.00347. The molecule has 0 heterocycles. The lowest BCUT2D eigenvalue weighted by Gasteiger charge is -2.33. The summed E-state index contributed by atoms with van der Waals surface area (Å²) in [6, 6.07) is 0. The van der Waals surface area contributed by atoms with Gasteiger partial charge in [-0.3, -0.25) is 4.79 Å². The number of Topliss-reactive ketones (excluding diaryl/α,β-unsaturated/α-hetero) is 1. The van der Waals surface area contributed by atoms with E-state index in [1.54, 1.807) is 0 Å². The Bertz CT molecular complexity index is 333. The molecule has 3 aliphatic carbocycles. The van der Waals surface area contributed by atoms with E-state index in [1.807, 2.05) is 0 Å². The van der Waals surface area contributed by atoms with Crippen molar-refractivity contribution >= 4 is 5.78 Å². The van der Waals surface area contributed by atoms with E-state index in [0.717, 1.165) is 31.3 Å². The van der Waals surface area contributed by atoms with Crippen LogP contribution in [-0.2, 0) is 4.79 Å². The van der Waals surface area contributed by atoms with Gasteiger partial charge in [-0.1, -0.05) is 13.0 Å². The Morgan fingerprint density at radius 2 is 2.14 bits per heavy atom. The molecule has 2 nitrogen and oxygen atoms in total. The SMILES string of the molecule is C=C1C(=O)CC23CCCC12CC(O)C3. The summed E-state index contributed by atoms with van der Waals surface area (Å²) in [6.07, 6.45) is 5.49. The summed E-state index contributed by atoms with van der Waals surface area (Å²) in [7, 11) is 0. The largest absolute Gasteiger partial charge is 0.393 e. The summed E-state index contributed by atoms with van der Waals surface area (Å²) in [5.74, 6) is 0.261. The molecule has 3 unspecified atom stereocenters. The van der Waals surface area contributed by atoms with Crippen molar-refractivity contribution in [2.45, 2.75) is 44.6 Å². The molecule has 0 aromatic heterocycles. The summed E-state index contributed by atoms with van der Waals surface area (Å²) in [6.45, 7) is 3.98. The second-order valence-electron chi connectivity index (χ2n) is 5.36. The fraction of sp³-hybridized carbons (Fsp3) is 0.750. The van der Waals surface area contributed by atoms with Gasteiger partial charge in [0.2, 0.25) is 0 Å². The molecule has 0 aromatic carbocycles. The average molecular weight is 192 g/mol. The van der Waals surface area contributed by atoms with Gasteiger partial charge < -0.3 is 5.11 Å². The van der Waals surface area contributed by atoms with Crippen molar-refractivity contribution in [1.82, 2.24) is 0 Å². The topological polar surface area (TPSA) is 37.3 Å². The summed E-state index contributed by atoms with van der Waals surface area (Å²) < 4.78 is 0. The van der Waals surface area contributed by atoms with Crippen LogP contribution in [0.15, 0.2) is 12.2 Å². The highest BCUT2D eigenvalue weighted by Gasteiger charge is 2.66. The van der Waals surface area contributed by atoms with Crippen LogP contribution in [0.25, 0.3) is 0 Å². The third-order valence-corrected chi connectivity index (χ3v) is 4.90. The van der Waals surface area contributed by atoms with Crippen molar-refractivity contribution in [1.29, 1.82) is 0 Å². The molecule has 2 heteroatoms. The fourth-order valence-electron chi connectivity index (χ4n) is 4.38. The number of ketones is 1. The first-order valence-electron chi connectivity index (χ1n) is 5.50. The van der Waals surface area contributed by atoms with E-state index in [-0.39, 0.29) is 22.7 Å². The summed E-state index contributed by atoms with van der Waals surface area (Å²) in [4.78, 5) is 11.7. The van der Waals surface area contributed by atoms with Crippen LogP contribution in [0.5, 0.6) is 0 Å². The number of aliphatic hydroxyl groups is 1. The highest BCUT2D eigenvalue weighted by Crippen LogP contribution is 2.71. The minimum Gasteiger partial charge on any atom is -0.393 e. The molecule has 0 saturated heterocycles. The number of allylic oxidation sites excluding steroid dienone is 1. The number of carbonyl (C=O) groups is 1. The van der Waals surface area contributed by atoms with Gasteiger partial charge in [0.05, 0.1) is 6.10 Å². The zero-order valence-electron chi connectivity index (χ0n) is 8.38. The van der Waals surface area contributed by atoms with Crippen LogP contribution in [0.1, 0.15) is 38.5 Å². The summed E-state index contributed by atoms with van der Waals surface area (Å²) >= 11 is 0. The number of hydrogen-bond donors (Lipinski definition) is 1. The van der Waals surface area contributed by atoms with Crippen LogP contribution < -0.4 is 0 Å². The normalized spacial score (nSPS) is 51.1. The Morgan fingerprint density at radius 1 is 1.36 bits per heavy atom. The first-order valence-corrected chi connectivity index (χ1v) is 5.50. The van der Waals surface area contributed by atoms with Gasteiger partial charge in [-0.05, 0) is 36.7 Å². The maximum atomic E-state index is 11.7. The first kappa shape index (κ1) is 8.66. The number of hydrogen-bond acceptors (Lipinski definition) is 2. The van der Waals surface area contributed by atoms with Crippen molar-refractivity contribution < 1.29 is 9.90 Å². The number of carbonyl (C=O) groups excluding carboxylic acids is 1. The second-order valence-corrected chi connectivity index (χ2v) is 5.36. The standard InChI is InChI=1S/C12H16O2/c1-8-10(14)7-11-3-2-4-12(8,11)6-9(13)5-11/h9,13H,1-7H2.